The molecule has 0 aliphatic carbocycles. The second kappa shape index (κ2) is 6.93. The van der Waals surface area contributed by atoms with Crippen LogP contribution in [0.25, 0.3) is 10.8 Å². The van der Waals surface area contributed by atoms with Gasteiger partial charge in [-0.15, -0.1) is 0 Å². The fraction of sp³-hybridized carbons (Fsp3) is 0.105. The summed E-state index contributed by atoms with van der Waals surface area (Å²) in [7, 11) is 3.09. The Morgan fingerprint density at radius 2 is 1.54 bits per heavy atom. The number of hydrogen-bond acceptors (Lipinski definition) is 3. The summed E-state index contributed by atoms with van der Waals surface area (Å²) in [4.78, 5) is 12.6. The highest BCUT2D eigenvalue weighted by atomic mass is 79.9. The summed E-state index contributed by atoms with van der Waals surface area (Å²) >= 11 is 3.40. The summed E-state index contributed by atoms with van der Waals surface area (Å²) in [5.41, 5.74) is 1.19. The quantitative estimate of drug-likeness (QED) is 0.696. The molecule has 0 aliphatic heterocycles. The predicted octanol–water partition coefficient (Wildman–Crippen LogP) is 4.87. The first-order chi connectivity index (χ1) is 11.6. The normalized spacial score (nSPS) is 10.5. The highest BCUT2D eigenvalue weighted by molar-refractivity contribution is 9.10. The Labute approximate surface area is 148 Å². The average Bonchev–Trinajstić information content (AvgIpc) is 2.61. The molecule has 0 atom stereocenters. The molecule has 0 aliphatic rings. The van der Waals surface area contributed by atoms with Crippen molar-refractivity contribution in [2.75, 3.05) is 19.5 Å². The van der Waals surface area contributed by atoms with Crippen molar-refractivity contribution < 1.29 is 14.3 Å². The van der Waals surface area contributed by atoms with Crippen LogP contribution in [0.1, 0.15) is 10.4 Å². The molecule has 0 spiro atoms. The largest absolute Gasteiger partial charge is 0.495 e. The van der Waals surface area contributed by atoms with Crippen molar-refractivity contribution in [3.63, 3.8) is 0 Å². The first-order valence-corrected chi connectivity index (χ1v) is 8.13. The second-order valence-electron chi connectivity index (χ2n) is 5.21. The first kappa shape index (κ1) is 16.3. The number of fused-ring (bicyclic) bond motifs is 1. The minimum absolute atomic E-state index is 0.227. The van der Waals surface area contributed by atoms with Crippen LogP contribution in [0.2, 0.25) is 0 Å². The van der Waals surface area contributed by atoms with Gasteiger partial charge in [0.1, 0.15) is 16.0 Å². The van der Waals surface area contributed by atoms with E-state index < -0.39 is 0 Å². The molecule has 1 N–H and O–H groups in total. The molecule has 122 valence electrons. The third-order valence-electron chi connectivity index (χ3n) is 3.72. The van der Waals surface area contributed by atoms with Gasteiger partial charge >= 0.3 is 0 Å². The van der Waals surface area contributed by atoms with Crippen LogP contribution in [-0.4, -0.2) is 20.1 Å². The van der Waals surface area contributed by atoms with Crippen molar-refractivity contribution in [3.05, 3.63) is 64.6 Å². The van der Waals surface area contributed by atoms with Crippen molar-refractivity contribution >= 4 is 38.3 Å². The molecule has 3 aromatic carbocycles. The highest BCUT2D eigenvalue weighted by Gasteiger charge is 2.15. The van der Waals surface area contributed by atoms with Gasteiger partial charge < -0.3 is 14.8 Å². The first-order valence-electron chi connectivity index (χ1n) is 7.34. The molecule has 3 aromatic rings. The Kier molecular flexibility index (Phi) is 4.71. The minimum atomic E-state index is -0.227. The van der Waals surface area contributed by atoms with Gasteiger partial charge in [0.15, 0.2) is 0 Å². The van der Waals surface area contributed by atoms with E-state index in [-0.39, 0.29) is 5.91 Å². The van der Waals surface area contributed by atoms with Gasteiger partial charge in [0.2, 0.25) is 0 Å². The van der Waals surface area contributed by atoms with Crippen LogP contribution in [0.5, 0.6) is 11.5 Å². The predicted molar refractivity (Wildman–Crippen MR) is 99.1 cm³/mol. The summed E-state index contributed by atoms with van der Waals surface area (Å²) < 4.78 is 11.2. The molecule has 3 rings (SSSR count). The van der Waals surface area contributed by atoms with E-state index in [4.69, 9.17) is 9.47 Å². The fourth-order valence-electron chi connectivity index (χ4n) is 2.47. The average molecular weight is 386 g/mol. The van der Waals surface area contributed by atoms with E-state index in [1.165, 1.54) is 0 Å². The zero-order valence-corrected chi connectivity index (χ0v) is 14.9. The molecule has 0 unspecified atom stereocenters. The molecular formula is C19H16BrNO3. The van der Waals surface area contributed by atoms with Crippen molar-refractivity contribution in [2.24, 2.45) is 0 Å². The standard InChI is InChI=1S/C19H16BrNO3/c1-23-16-10-14(11-17(24-2)18(16)20)19(22)21-15-8-7-12-5-3-4-6-13(12)9-15/h3-11H,1-2H3,(H,21,22). The summed E-state index contributed by atoms with van der Waals surface area (Å²) in [6.45, 7) is 0. The van der Waals surface area contributed by atoms with Gasteiger partial charge in [-0.25, -0.2) is 0 Å². The van der Waals surface area contributed by atoms with Gasteiger partial charge in [-0.05, 0) is 51.0 Å². The number of hydrogen-bond donors (Lipinski definition) is 1. The number of methoxy groups -OCH3 is 2. The molecule has 0 aromatic heterocycles. The number of anilines is 1. The topological polar surface area (TPSA) is 47.6 Å². The smallest absolute Gasteiger partial charge is 0.255 e. The van der Waals surface area contributed by atoms with Gasteiger partial charge in [0.05, 0.1) is 14.2 Å². The fourth-order valence-corrected chi connectivity index (χ4v) is 3.02. The molecular weight excluding hydrogens is 370 g/mol. The number of halogens is 1. The van der Waals surface area contributed by atoms with E-state index in [1.54, 1.807) is 26.4 Å². The molecule has 0 fully saturated rings. The Bertz CT molecular complexity index is 883. The molecule has 4 nitrogen and oxygen atoms in total. The number of ether oxygens (including phenoxy) is 2. The Hall–Kier alpha value is -2.53. The second-order valence-corrected chi connectivity index (χ2v) is 6.00. The van der Waals surface area contributed by atoms with E-state index in [0.29, 0.717) is 21.5 Å². The van der Waals surface area contributed by atoms with E-state index in [9.17, 15) is 4.79 Å². The number of carbonyl (C=O) groups excluding carboxylic acids is 1. The number of amides is 1. The van der Waals surface area contributed by atoms with Crippen LogP contribution in [0.15, 0.2) is 59.1 Å². The van der Waals surface area contributed by atoms with Crippen molar-refractivity contribution in [1.29, 1.82) is 0 Å². The lowest BCUT2D eigenvalue weighted by Gasteiger charge is -2.12. The Balaban J connectivity index is 1.91. The lowest BCUT2D eigenvalue weighted by Crippen LogP contribution is -2.12. The van der Waals surface area contributed by atoms with Gasteiger partial charge in [0, 0.05) is 11.3 Å². The number of rotatable bonds is 4. The van der Waals surface area contributed by atoms with Crippen molar-refractivity contribution in [2.45, 2.75) is 0 Å². The maximum absolute atomic E-state index is 12.6. The van der Waals surface area contributed by atoms with Crippen LogP contribution in [-0.2, 0) is 0 Å². The number of carbonyl (C=O) groups is 1. The lowest BCUT2D eigenvalue weighted by molar-refractivity contribution is 0.102. The summed E-state index contributed by atoms with van der Waals surface area (Å²) in [6, 6.07) is 17.1. The molecule has 0 heterocycles. The minimum Gasteiger partial charge on any atom is -0.495 e. The van der Waals surface area contributed by atoms with Crippen molar-refractivity contribution in [1.82, 2.24) is 0 Å². The number of nitrogens with one attached hydrogen (secondary N) is 1. The number of benzene rings is 3. The van der Waals surface area contributed by atoms with Crippen LogP contribution >= 0.6 is 15.9 Å². The molecule has 24 heavy (non-hydrogen) atoms. The van der Waals surface area contributed by atoms with E-state index >= 15 is 0 Å². The molecule has 0 radical (unpaired) electrons. The van der Waals surface area contributed by atoms with E-state index in [1.807, 2.05) is 42.5 Å². The van der Waals surface area contributed by atoms with Gasteiger partial charge in [-0.2, -0.15) is 0 Å². The zero-order valence-electron chi connectivity index (χ0n) is 13.3. The Morgan fingerprint density at radius 3 is 2.17 bits per heavy atom. The SMILES string of the molecule is COc1cc(C(=O)Nc2ccc3ccccc3c2)cc(OC)c1Br. The molecule has 1 amide bonds. The molecule has 5 heteroatoms. The lowest BCUT2D eigenvalue weighted by atomic mass is 10.1. The zero-order chi connectivity index (χ0) is 17.1. The van der Waals surface area contributed by atoms with Gasteiger partial charge in [0.25, 0.3) is 5.91 Å². The van der Waals surface area contributed by atoms with Gasteiger partial charge in [-0.1, -0.05) is 30.3 Å². The van der Waals surface area contributed by atoms with Crippen LogP contribution in [0, 0.1) is 0 Å². The highest BCUT2D eigenvalue weighted by Crippen LogP contribution is 2.35. The molecule has 0 saturated heterocycles. The summed E-state index contributed by atoms with van der Waals surface area (Å²) in [5.74, 6) is 0.852. The van der Waals surface area contributed by atoms with E-state index in [0.717, 1.165) is 16.5 Å². The van der Waals surface area contributed by atoms with Crippen LogP contribution in [0.4, 0.5) is 5.69 Å². The van der Waals surface area contributed by atoms with Crippen molar-refractivity contribution in [3.8, 4) is 11.5 Å². The van der Waals surface area contributed by atoms with Crippen LogP contribution < -0.4 is 14.8 Å². The summed E-state index contributed by atoms with van der Waals surface area (Å²) in [5, 5.41) is 5.10. The van der Waals surface area contributed by atoms with Crippen LogP contribution in [0.3, 0.4) is 0 Å². The van der Waals surface area contributed by atoms with Gasteiger partial charge in [-0.3, -0.25) is 4.79 Å². The Morgan fingerprint density at radius 1 is 0.917 bits per heavy atom. The molecule has 0 saturated carbocycles. The maximum atomic E-state index is 12.6. The monoisotopic (exact) mass is 385 g/mol. The summed E-state index contributed by atoms with van der Waals surface area (Å²) in [6.07, 6.45) is 0. The maximum Gasteiger partial charge on any atom is 0.255 e. The molecule has 0 bridgehead atoms. The third kappa shape index (κ3) is 3.21. The van der Waals surface area contributed by atoms with E-state index in [2.05, 4.69) is 21.2 Å². The third-order valence-corrected chi connectivity index (χ3v) is 4.50.